The molecular weight excluding hydrogens is 458 g/mol. The third-order valence-corrected chi connectivity index (χ3v) is 6.20. The van der Waals surface area contributed by atoms with E-state index in [1.165, 1.54) is 5.52 Å². The Morgan fingerprint density at radius 3 is 2.49 bits per heavy atom. The van der Waals surface area contributed by atoms with Gasteiger partial charge in [-0.3, -0.25) is 4.79 Å². The third-order valence-electron chi connectivity index (χ3n) is 5.95. The highest BCUT2D eigenvalue weighted by molar-refractivity contribution is 6.30. The summed E-state index contributed by atoms with van der Waals surface area (Å²) in [6.45, 7) is 2.21. The molecule has 0 aliphatic rings. The Morgan fingerprint density at radius 2 is 1.66 bits per heavy atom. The fourth-order valence-corrected chi connectivity index (χ4v) is 4.29. The van der Waals surface area contributed by atoms with Crippen LogP contribution in [0, 0.1) is 0 Å². The Balaban J connectivity index is 1.21. The maximum absolute atomic E-state index is 12.1. The highest BCUT2D eigenvalue weighted by Gasteiger charge is 2.10. The van der Waals surface area contributed by atoms with Crippen LogP contribution in [-0.2, 0) is 24.2 Å². The second kappa shape index (κ2) is 13.0. The Bertz CT molecular complexity index is 1210. The molecule has 182 valence electrons. The molecule has 3 aromatic carbocycles. The van der Waals surface area contributed by atoms with Crippen LogP contribution in [0.25, 0.3) is 11.0 Å². The van der Waals surface area contributed by atoms with Crippen molar-refractivity contribution >= 4 is 28.5 Å². The van der Waals surface area contributed by atoms with Gasteiger partial charge in [0.25, 0.3) is 0 Å². The number of unbranched alkanes of at least 4 members (excludes halogenated alkanes) is 2. The van der Waals surface area contributed by atoms with Crippen molar-refractivity contribution in [2.45, 2.75) is 45.1 Å². The number of hydrogen-bond donors (Lipinski definition) is 1. The Labute approximate surface area is 212 Å². The molecule has 6 heteroatoms. The van der Waals surface area contributed by atoms with E-state index in [2.05, 4.69) is 28.1 Å². The number of fused-ring (bicyclic) bond motifs is 1. The molecule has 0 spiro atoms. The van der Waals surface area contributed by atoms with Crippen molar-refractivity contribution in [3.63, 3.8) is 0 Å². The summed E-state index contributed by atoms with van der Waals surface area (Å²) in [6, 6.07) is 25.6. The summed E-state index contributed by atoms with van der Waals surface area (Å²) >= 11 is 5.94. The summed E-state index contributed by atoms with van der Waals surface area (Å²) in [6.07, 6.45) is 5.31. The molecule has 0 unspecified atom stereocenters. The molecular formula is C29H32ClN3O2. The normalized spacial score (nSPS) is 11.0. The monoisotopic (exact) mass is 489 g/mol. The number of nitrogens with one attached hydrogen (secondary N) is 1. The zero-order valence-electron chi connectivity index (χ0n) is 20.0. The first-order valence-electron chi connectivity index (χ1n) is 12.3. The minimum atomic E-state index is 0.0822. The second-order valence-corrected chi connectivity index (χ2v) is 9.08. The molecule has 35 heavy (non-hydrogen) atoms. The number of hydrogen-bond acceptors (Lipinski definition) is 3. The quantitative estimate of drug-likeness (QED) is 0.226. The first kappa shape index (κ1) is 24.8. The number of imidazole rings is 1. The van der Waals surface area contributed by atoms with Gasteiger partial charge in [-0.25, -0.2) is 4.98 Å². The Morgan fingerprint density at radius 1 is 0.886 bits per heavy atom. The molecule has 0 aliphatic heterocycles. The van der Waals surface area contributed by atoms with Gasteiger partial charge in [-0.05, 0) is 61.2 Å². The topological polar surface area (TPSA) is 56.2 Å². The Hall–Kier alpha value is -3.31. The number of aromatic nitrogens is 2. The number of carbonyl (C=O) groups is 1. The number of ether oxygens (including phenoxy) is 1. The van der Waals surface area contributed by atoms with Crippen molar-refractivity contribution < 1.29 is 9.53 Å². The molecule has 1 N–H and O–H groups in total. The third kappa shape index (κ3) is 7.59. The molecule has 0 atom stereocenters. The van der Waals surface area contributed by atoms with Crippen LogP contribution < -0.4 is 10.1 Å². The SMILES string of the molecule is O=C(Cc1ccccc1)NCCCCCc1nc2ccccc2n1CCCOc1ccc(Cl)cc1. The molecule has 4 aromatic rings. The lowest BCUT2D eigenvalue weighted by atomic mass is 10.1. The van der Waals surface area contributed by atoms with E-state index in [9.17, 15) is 4.79 Å². The van der Waals surface area contributed by atoms with Crippen molar-refractivity contribution in [3.05, 3.63) is 95.3 Å². The zero-order chi connectivity index (χ0) is 24.3. The number of halogens is 1. The maximum Gasteiger partial charge on any atom is 0.224 e. The van der Waals surface area contributed by atoms with E-state index < -0.39 is 0 Å². The average molecular weight is 490 g/mol. The smallest absolute Gasteiger partial charge is 0.224 e. The van der Waals surface area contributed by atoms with Gasteiger partial charge >= 0.3 is 0 Å². The number of benzene rings is 3. The van der Waals surface area contributed by atoms with Crippen molar-refractivity contribution in [2.75, 3.05) is 13.2 Å². The van der Waals surface area contributed by atoms with Gasteiger partial charge in [0.1, 0.15) is 11.6 Å². The van der Waals surface area contributed by atoms with Gasteiger partial charge in [0.05, 0.1) is 24.1 Å². The lowest BCUT2D eigenvalue weighted by Gasteiger charge is -2.11. The molecule has 0 aliphatic carbocycles. The molecule has 1 amide bonds. The van der Waals surface area contributed by atoms with Crippen molar-refractivity contribution in [1.29, 1.82) is 0 Å². The second-order valence-electron chi connectivity index (χ2n) is 8.65. The number of para-hydroxylation sites is 2. The molecule has 0 bridgehead atoms. The van der Waals surface area contributed by atoms with Crippen LogP contribution in [0.2, 0.25) is 5.02 Å². The molecule has 1 aromatic heterocycles. The van der Waals surface area contributed by atoms with Gasteiger partial charge in [-0.15, -0.1) is 0 Å². The molecule has 1 heterocycles. The van der Waals surface area contributed by atoms with E-state index in [4.69, 9.17) is 21.3 Å². The van der Waals surface area contributed by atoms with Crippen LogP contribution in [0.15, 0.2) is 78.9 Å². The van der Waals surface area contributed by atoms with E-state index in [1.807, 2.05) is 60.7 Å². The van der Waals surface area contributed by atoms with Gasteiger partial charge in [-0.1, -0.05) is 60.5 Å². The molecule has 5 nitrogen and oxygen atoms in total. The van der Waals surface area contributed by atoms with E-state index >= 15 is 0 Å². The lowest BCUT2D eigenvalue weighted by Crippen LogP contribution is -2.26. The van der Waals surface area contributed by atoms with Crippen molar-refractivity contribution in [3.8, 4) is 5.75 Å². The van der Waals surface area contributed by atoms with E-state index in [-0.39, 0.29) is 5.91 Å². The summed E-state index contributed by atoms with van der Waals surface area (Å²) in [5.41, 5.74) is 3.25. The van der Waals surface area contributed by atoms with E-state index in [0.717, 1.165) is 61.3 Å². The van der Waals surface area contributed by atoms with Gasteiger partial charge in [0.15, 0.2) is 0 Å². The average Bonchev–Trinajstić information content (AvgIpc) is 3.23. The van der Waals surface area contributed by atoms with E-state index in [1.54, 1.807) is 0 Å². The van der Waals surface area contributed by atoms with Crippen LogP contribution in [0.5, 0.6) is 5.75 Å². The summed E-state index contributed by atoms with van der Waals surface area (Å²) < 4.78 is 8.19. The predicted octanol–water partition coefficient (Wildman–Crippen LogP) is 6.23. The summed E-state index contributed by atoms with van der Waals surface area (Å²) in [4.78, 5) is 17.0. The summed E-state index contributed by atoms with van der Waals surface area (Å²) in [5.74, 6) is 2.03. The predicted molar refractivity (Wildman–Crippen MR) is 142 cm³/mol. The minimum absolute atomic E-state index is 0.0822. The molecule has 0 fully saturated rings. The van der Waals surface area contributed by atoms with Crippen LogP contribution in [0.1, 0.15) is 37.1 Å². The lowest BCUT2D eigenvalue weighted by molar-refractivity contribution is -0.120. The number of aryl methyl sites for hydroxylation is 2. The van der Waals surface area contributed by atoms with Crippen LogP contribution in [0.3, 0.4) is 0 Å². The van der Waals surface area contributed by atoms with Gasteiger partial charge in [0, 0.05) is 24.5 Å². The number of carbonyl (C=O) groups excluding carboxylic acids is 1. The van der Waals surface area contributed by atoms with Gasteiger partial charge in [0.2, 0.25) is 5.91 Å². The number of amides is 1. The number of nitrogens with zero attached hydrogens (tertiary/aromatic N) is 2. The summed E-state index contributed by atoms with van der Waals surface area (Å²) in [7, 11) is 0. The molecule has 0 saturated carbocycles. The van der Waals surface area contributed by atoms with Crippen LogP contribution in [0.4, 0.5) is 0 Å². The van der Waals surface area contributed by atoms with Crippen LogP contribution >= 0.6 is 11.6 Å². The van der Waals surface area contributed by atoms with Gasteiger partial charge in [-0.2, -0.15) is 0 Å². The molecule has 0 radical (unpaired) electrons. The van der Waals surface area contributed by atoms with Crippen molar-refractivity contribution in [1.82, 2.24) is 14.9 Å². The first-order valence-corrected chi connectivity index (χ1v) is 12.7. The number of rotatable bonds is 13. The van der Waals surface area contributed by atoms with Gasteiger partial charge < -0.3 is 14.6 Å². The van der Waals surface area contributed by atoms with Crippen LogP contribution in [-0.4, -0.2) is 28.6 Å². The largest absolute Gasteiger partial charge is 0.494 e. The minimum Gasteiger partial charge on any atom is -0.494 e. The van der Waals surface area contributed by atoms with E-state index in [0.29, 0.717) is 24.6 Å². The highest BCUT2D eigenvalue weighted by Crippen LogP contribution is 2.19. The zero-order valence-corrected chi connectivity index (χ0v) is 20.7. The Kier molecular flexibility index (Phi) is 9.18. The first-order chi connectivity index (χ1) is 17.2. The molecule has 4 rings (SSSR count). The highest BCUT2D eigenvalue weighted by atomic mass is 35.5. The fraction of sp³-hybridized carbons (Fsp3) is 0.310. The fourth-order valence-electron chi connectivity index (χ4n) is 4.17. The standard InChI is InChI=1S/C29H32ClN3O2/c30-24-15-17-25(18-16-24)35-21-9-20-33-27-13-7-6-12-26(27)32-28(33)14-5-2-8-19-31-29(34)22-23-10-3-1-4-11-23/h1,3-4,6-7,10-13,15-18H,2,5,8-9,14,19-22H2,(H,31,34). The molecule has 0 saturated heterocycles. The maximum atomic E-state index is 12.1. The van der Waals surface area contributed by atoms with Crippen molar-refractivity contribution in [2.24, 2.45) is 0 Å². The summed E-state index contributed by atoms with van der Waals surface area (Å²) in [5, 5.41) is 3.74.